The van der Waals surface area contributed by atoms with Crippen LogP contribution in [-0.4, -0.2) is 57.3 Å². The van der Waals surface area contributed by atoms with Gasteiger partial charge in [-0.15, -0.1) is 0 Å². The molecule has 1 aromatic carbocycles. The molecule has 14 heteroatoms. The topological polar surface area (TPSA) is 70.7 Å². The number of alkyl halides is 7. The van der Waals surface area contributed by atoms with Crippen molar-refractivity contribution in [1.82, 2.24) is 14.7 Å². The van der Waals surface area contributed by atoms with Gasteiger partial charge in [0.2, 0.25) is 0 Å². The van der Waals surface area contributed by atoms with Crippen molar-refractivity contribution in [3.05, 3.63) is 87.8 Å². The van der Waals surface area contributed by atoms with Crippen LogP contribution in [0.3, 0.4) is 0 Å². The Bertz CT molecular complexity index is 1500. The fourth-order valence-corrected chi connectivity index (χ4v) is 5.97. The summed E-state index contributed by atoms with van der Waals surface area (Å²) in [6, 6.07) is 6.67. The molecule has 1 aromatic heterocycles. The number of carbonyl (C=O) groups is 1. The predicted molar refractivity (Wildman–Crippen MR) is 145 cm³/mol. The van der Waals surface area contributed by atoms with Gasteiger partial charge in [0.15, 0.2) is 5.69 Å². The second-order valence-electron chi connectivity index (χ2n) is 10.7. The second kappa shape index (κ2) is 11.6. The Balaban J connectivity index is 1.39. The predicted octanol–water partition coefficient (Wildman–Crippen LogP) is 7.56. The Morgan fingerprint density at radius 3 is 2.35 bits per heavy atom. The first-order valence-corrected chi connectivity index (χ1v) is 13.8. The van der Waals surface area contributed by atoms with E-state index in [1.807, 2.05) is 0 Å². The van der Waals surface area contributed by atoms with E-state index >= 15 is 4.39 Å². The number of benzene rings is 1. The normalized spacial score (nSPS) is 23.0. The maximum absolute atomic E-state index is 15.8. The van der Waals surface area contributed by atoms with Gasteiger partial charge in [0.25, 0.3) is 0 Å². The quantitative estimate of drug-likeness (QED) is 0.335. The molecule has 0 spiro atoms. The number of halogens is 8. The van der Waals surface area contributed by atoms with Gasteiger partial charge in [-0.1, -0.05) is 48.0 Å². The van der Waals surface area contributed by atoms with Gasteiger partial charge in [-0.05, 0) is 48.1 Å². The van der Waals surface area contributed by atoms with Crippen molar-refractivity contribution in [3.8, 4) is 0 Å². The van der Waals surface area contributed by atoms with E-state index in [2.05, 4.69) is 10.1 Å². The highest BCUT2D eigenvalue weighted by atomic mass is 35.5. The van der Waals surface area contributed by atoms with Gasteiger partial charge >= 0.3 is 18.3 Å². The van der Waals surface area contributed by atoms with Gasteiger partial charge < -0.3 is 5.11 Å². The number of aromatic carboxylic acids is 1. The van der Waals surface area contributed by atoms with E-state index in [4.69, 9.17) is 11.6 Å². The number of aliphatic imine (C=N–C) groups is 1. The van der Waals surface area contributed by atoms with Crippen LogP contribution < -0.4 is 0 Å². The van der Waals surface area contributed by atoms with Crippen LogP contribution in [-0.2, 0) is 11.8 Å². The second-order valence-corrected chi connectivity index (χ2v) is 11.2. The van der Waals surface area contributed by atoms with Crippen LogP contribution in [0.25, 0.3) is 0 Å². The Morgan fingerprint density at radius 1 is 1.07 bits per heavy atom. The third kappa shape index (κ3) is 6.72. The van der Waals surface area contributed by atoms with Crippen molar-refractivity contribution in [2.75, 3.05) is 19.6 Å². The molecule has 1 aliphatic carbocycles. The molecule has 230 valence electrons. The summed E-state index contributed by atoms with van der Waals surface area (Å²) in [6.07, 6.45) is -2.81. The van der Waals surface area contributed by atoms with Gasteiger partial charge in [0.05, 0.1) is 18.5 Å². The van der Waals surface area contributed by atoms with E-state index < -0.39 is 48.0 Å². The molecule has 1 N–H and O–H groups in total. The summed E-state index contributed by atoms with van der Waals surface area (Å²) >= 11 is 6.31. The molecule has 0 saturated carbocycles. The highest BCUT2D eigenvalue weighted by Crippen LogP contribution is 2.41. The Morgan fingerprint density at radius 2 is 1.74 bits per heavy atom. The first-order valence-electron chi connectivity index (χ1n) is 13.4. The molecule has 1 fully saturated rings. The smallest absolute Gasteiger partial charge is 0.434 e. The van der Waals surface area contributed by atoms with Crippen LogP contribution in [0.4, 0.5) is 30.7 Å². The lowest BCUT2D eigenvalue weighted by molar-refractivity contribution is -0.151. The average Bonchev–Trinajstić information content (AvgIpc) is 3.41. The number of rotatable bonds is 6. The van der Waals surface area contributed by atoms with E-state index in [1.54, 1.807) is 48.6 Å². The lowest BCUT2D eigenvalue weighted by atomic mass is 9.80. The molecule has 3 heterocycles. The number of carboxylic acids is 1. The molecular weight excluding hydrogens is 605 g/mol. The van der Waals surface area contributed by atoms with Crippen molar-refractivity contribution in [2.45, 2.75) is 55.8 Å². The summed E-state index contributed by atoms with van der Waals surface area (Å²) in [6.45, 7) is -1.12. The molecule has 6 nitrogen and oxygen atoms in total. The number of carboxylic acid groups (broad SMARTS) is 1. The van der Waals surface area contributed by atoms with Crippen LogP contribution in [0.1, 0.15) is 64.9 Å². The molecule has 5 rings (SSSR count). The zero-order valence-corrected chi connectivity index (χ0v) is 23.2. The highest BCUT2D eigenvalue weighted by Gasteiger charge is 2.42. The van der Waals surface area contributed by atoms with Gasteiger partial charge in [0.1, 0.15) is 17.4 Å². The third-order valence-electron chi connectivity index (χ3n) is 7.88. The summed E-state index contributed by atoms with van der Waals surface area (Å²) in [5.74, 6) is -2.09. The lowest BCUT2D eigenvalue weighted by Crippen LogP contribution is -2.44. The molecule has 2 aliphatic heterocycles. The van der Waals surface area contributed by atoms with Crippen LogP contribution in [0, 0.1) is 0 Å². The zero-order valence-electron chi connectivity index (χ0n) is 22.5. The Hall–Kier alpha value is -3.45. The molecule has 2 atom stereocenters. The summed E-state index contributed by atoms with van der Waals surface area (Å²) in [7, 11) is 0. The zero-order chi connectivity index (χ0) is 31.2. The van der Waals surface area contributed by atoms with Crippen LogP contribution in [0.15, 0.2) is 70.4 Å². The van der Waals surface area contributed by atoms with Crippen molar-refractivity contribution in [3.63, 3.8) is 0 Å². The number of aromatic nitrogens is 2. The molecule has 2 unspecified atom stereocenters. The van der Waals surface area contributed by atoms with Crippen molar-refractivity contribution in [2.24, 2.45) is 4.99 Å². The number of allylic oxidation sites excluding steroid dienone is 5. The van der Waals surface area contributed by atoms with Crippen molar-refractivity contribution >= 4 is 23.3 Å². The van der Waals surface area contributed by atoms with Crippen LogP contribution in [0.5, 0.6) is 0 Å². The molecule has 0 amide bonds. The summed E-state index contributed by atoms with van der Waals surface area (Å²) in [5, 5.41) is 13.4. The number of likely N-dealkylation sites (tertiary alicyclic amines) is 1. The van der Waals surface area contributed by atoms with Crippen LogP contribution >= 0.6 is 11.6 Å². The van der Waals surface area contributed by atoms with Gasteiger partial charge in [-0.3, -0.25) is 9.89 Å². The number of hydrogen-bond acceptors (Lipinski definition) is 4. The fraction of sp³-hybridized carbons (Fsp3) is 0.414. The molecule has 43 heavy (non-hydrogen) atoms. The molecule has 2 aromatic rings. The largest absolute Gasteiger partial charge is 0.478 e. The van der Waals surface area contributed by atoms with Crippen LogP contribution in [0.2, 0.25) is 0 Å². The standard InChI is InChI=1S/C29H26ClF7N4O2/c30-19-8-9-20(17-4-6-18(7-5-17)27(31)10-12-40(13-11-27)16-28(32,33)34)21(14-19)23-2-1-3-24(39-23)41-25(29(35,36)37)22(15-38-41)26(42)43/h1-2,4-8,14-15,20,24H,3,9-13,16H2,(H,42,43). The fourth-order valence-electron chi connectivity index (χ4n) is 5.77. The molecule has 1 saturated heterocycles. The van der Waals surface area contributed by atoms with Gasteiger partial charge in [-0.2, -0.15) is 31.4 Å². The number of dihydropyridines is 1. The Kier molecular flexibility index (Phi) is 8.34. The van der Waals surface area contributed by atoms with E-state index in [1.165, 1.54) is 4.90 Å². The van der Waals surface area contributed by atoms with Crippen molar-refractivity contribution in [1.29, 1.82) is 0 Å². The minimum absolute atomic E-state index is 0.0237. The lowest BCUT2D eigenvalue weighted by Gasteiger charge is -2.37. The van der Waals surface area contributed by atoms with E-state index in [0.717, 1.165) is 5.56 Å². The minimum Gasteiger partial charge on any atom is -0.478 e. The maximum Gasteiger partial charge on any atom is 0.434 e. The maximum atomic E-state index is 15.8. The van der Waals surface area contributed by atoms with E-state index in [9.17, 15) is 36.2 Å². The van der Waals surface area contributed by atoms with Gasteiger partial charge in [-0.25, -0.2) is 13.9 Å². The van der Waals surface area contributed by atoms with Crippen molar-refractivity contribution < 1.29 is 40.6 Å². The Labute approximate surface area is 246 Å². The van der Waals surface area contributed by atoms with E-state index in [0.29, 0.717) is 39.2 Å². The molecule has 0 bridgehead atoms. The SMILES string of the molecule is O=C(O)c1cnn(C2CC=CC(C3=CC(Cl)=CCC3c3ccc(C4(F)CCN(CC(F)(F)F)CC4)cc3)=N2)c1C(F)(F)F. The number of piperidine rings is 1. The molecule has 3 aliphatic rings. The highest BCUT2D eigenvalue weighted by molar-refractivity contribution is 6.32. The third-order valence-corrected chi connectivity index (χ3v) is 8.15. The first kappa shape index (κ1) is 31.0. The molecular formula is C29H26ClF7N4O2. The first-order chi connectivity index (χ1) is 20.1. The monoisotopic (exact) mass is 630 g/mol. The average molecular weight is 631 g/mol. The summed E-state index contributed by atoms with van der Waals surface area (Å²) < 4.78 is 96.0. The van der Waals surface area contributed by atoms with E-state index in [-0.39, 0.29) is 38.3 Å². The number of nitrogens with zero attached hydrogens (tertiary/aromatic N) is 4. The molecule has 0 radical (unpaired) electrons. The van der Waals surface area contributed by atoms with Gasteiger partial charge in [0, 0.05) is 30.5 Å². The summed E-state index contributed by atoms with van der Waals surface area (Å²) in [4.78, 5) is 17.1. The summed E-state index contributed by atoms with van der Waals surface area (Å²) in [5.41, 5.74) is -2.08. The number of hydrogen-bond donors (Lipinski definition) is 1. The minimum atomic E-state index is -4.98.